The van der Waals surface area contributed by atoms with E-state index >= 15 is 0 Å². The second kappa shape index (κ2) is 10.3. The molecule has 2 N–H and O–H groups in total. The fourth-order valence-corrected chi connectivity index (χ4v) is 3.80. The van der Waals surface area contributed by atoms with Crippen molar-refractivity contribution in [2.45, 2.75) is 20.4 Å². The van der Waals surface area contributed by atoms with Crippen molar-refractivity contribution in [2.24, 2.45) is 0 Å². The van der Waals surface area contributed by atoms with Crippen molar-refractivity contribution in [2.75, 3.05) is 31.6 Å². The van der Waals surface area contributed by atoms with Crippen molar-refractivity contribution >= 4 is 39.4 Å². The zero-order valence-electron chi connectivity index (χ0n) is 19.2. The van der Waals surface area contributed by atoms with E-state index in [1.807, 2.05) is 24.3 Å². The first-order chi connectivity index (χ1) is 16.5. The number of rotatable bonds is 9. The van der Waals surface area contributed by atoms with E-state index in [2.05, 4.69) is 34.1 Å². The largest absolute Gasteiger partial charge is 0.461 e. The highest BCUT2D eigenvalue weighted by molar-refractivity contribution is 6.06. The first-order valence-electron chi connectivity index (χ1n) is 11.3. The van der Waals surface area contributed by atoms with Gasteiger partial charge in [-0.15, -0.1) is 0 Å². The van der Waals surface area contributed by atoms with E-state index in [1.165, 1.54) is 0 Å². The van der Waals surface area contributed by atoms with Gasteiger partial charge < -0.3 is 19.9 Å². The highest BCUT2D eigenvalue weighted by atomic mass is 16.5. The van der Waals surface area contributed by atoms with Gasteiger partial charge >= 0.3 is 5.97 Å². The Hall–Kier alpha value is -3.98. The predicted molar refractivity (Wildman–Crippen MR) is 131 cm³/mol. The molecule has 4 aromatic rings. The van der Waals surface area contributed by atoms with Gasteiger partial charge in [0.25, 0.3) is 5.56 Å². The summed E-state index contributed by atoms with van der Waals surface area (Å²) in [6.45, 7) is 6.70. The van der Waals surface area contributed by atoms with E-state index in [0.717, 1.165) is 34.1 Å². The molecule has 0 saturated heterocycles. The van der Waals surface area contributed by atoms with E-state index in [4.69, 9.17) is 4.74 Å². The molecule has 0 saturated carbocycles. The molecule has 0 aliphatic heterocycles. The molecule has 0 radical (unpaired) electrons. The minimum atomic E-state index is -0.410. The van der Waals surface area contributed by atoms with Crippen LogP contribution in [0.3, 0.4) is 0 Å². The third-order valence-corrected chi connectivity index (χ3v) is 5.75. The molecule has 0 bridgehead atoms. The number of likely N-dealkylation sites (N-methyl/N-ethyl adjacent to an activating group) is 1. The van der Waals surface area contributed by atoms with Crippen molar-refractivity contribution in [1.82, 2.24) is 19.7 Å². The summed E-state index contributed by atoms with van der Waals surface area (Å²) in [5.41, 5.74) is 1.79. The topological polar surface area (TPSA) is 109 Å². The quantitative estimate of drug-likeness (QED) is 0.371. The Bertz CT molecular complexity index is 1370. The van der Waals surface area contributed by atoms with Crippen molar-refractivity contribution in [3.63, 3.8) is 0 Å². The molecule has 2 aromatic carbocycles. The van der Waals surface area contributed by atoms with Gasteiger partial charge in [-0.25, -0.2) is 9.48 Å². The lowest BCUT2D eigenvalue weighted by Gasteiger charge is -2.17. The molecule has 0 aliphatic rings. The maximum atomic E-state index is 12.8. The Labute approximate surface area is 196 Å². The highest BCUT2D eigenvalue weighted by Gasteiger charge is 2.13. The van der Waals surface area contributed by atoms with Gasteiger partial charge in [0, 0.05) is 28.5 Å². The summed E-state index contributed by atoms with van der Waals surface area (Å²) in [5, 5.41) is 8.51. The van der Waals surface area contributed by atoms with Crippen LogP contribution in [0.5, 0.6) is 0 Å². The van der Waals surface area contributed by atoms with Crippen LogP contribution >= 0.6 is 0 Å². The Balaban J connectivity index is 1.37. The smallest absolute Gasteiger partial charge is 0.338 e. The third-order valence-electron chi connectivity index (χ3n) is 5.75. The monoisotopic (exact) mass is 461 g/mol. The number of para-hydroxylation sites is 1. The summed E-state index contributed by atoms with van der Waals surface area (Å²) in [6, 6.07) is 14.0. The molecule has 0 unspecified atom stereocenters. The number of H-pyrrole nitrogens is 1. The number of fused-ring (bicyclic) bond motifs is 3. The molecule has 0 aliphatic carbocycles. The lowest BCUT2D eigenvalue weighted by molar-refractivity contribution is -0.117. The van der Waals surface area contributed by atoms with Gasteiger partial charge in [-0.2, -0.15) is 5.10 Å². The van der Waals surface area contributed by atoms with Crippen molar-refractivity contribution in [1.29, 1.82) is 0 Å². The summed E-state index contributed by atoms with van der Waals surface area (Å²) in [6.07, 6.45) is 1.59. The van der Waals surface area contributed by atoms with Crippen LogP contribution in [-0.4, -0.2) is 57.8 Å². The Morgan fingerprint density at radius 3 is 2.53 bits per heavy atom. The maximum Gasteiger partial charge on any atom is 0.338 e. The minimum Gasteiger partial charge on any atom is -0.461 e. The number of anilines is 1. The summed E-state index contributed by atoms with van der Waals surface area (Å²) < 4.78 is 6.43. The van der Waals surface area contributed by atoms with Crippen LogP contribution in [0.1, 0.15) is 24.2 Å². The van der Waals surface area contributed by atoms with Gasteiger partial charge in [0.15, 0.2) is 0 Å². The molecule has 34 heavy (non-hydrogen) atoms. The standard InChI is InChI=1S/C25H27N5O4/c1-3-29(4-2)13-14-34-25(33)17-9-11-18(12-10-17)27-22(31)16-30-24(32)23-20(15-26-30)19-7-5-6-8-21(19)28-23/h5-12,15,28H,3-4,13-14,16H2,1-2H3,(H,27,31). The number of carbonyl (C=O) groups is 2. The van der Waals surface area contributed by atoms with E-state index in [0.29, 0.717) is 29.9 Å². The number of hydrogen-bond acceptors (Lipinski definition) is 6. The van der Waals surface area contributed by atoms with Crippen molar-refractivity contribution < 1.29 is 14.3 Å². The molecule has 9 nitrogen and oxygen atoms in total. The van der Waals surface area contributed by atoms with Crippen molar-refractivity contribution in [3.8, 4) is 0 Å². The SMILES string of the molecule is CCN(CC)CCOC(=O)c1ccc(NC(=O)Cn2ncc3c([nH]c4ccccc43)c2=O)cc1. The number of hydrogen-bond donors (Lipinski definition) is 2. The molecule has 1 amide bonds. The summed E-state index contributed by atoms with van der Waals surface area (Å²) in [4.78, 5) is 42.8. The van der Waals surface area contributed by atoms with Gasteiger partial charge in [-0.05, 0) is 43.4 Å². The van der Waals surface area contributed by atoms with Crippen LogP contribution in [0.4, 0.5) is 5.69 Å². The molecule has 0 fully saturated rings. The Morgan fingerprint density at radius 2 is 1.79 bits per heavy atom. The first-order valence-corrected chi connectivity index (χ1v) is 11.3. The van der Waals surface area contributed by atoms with Crippen LogP contribution in [0.15, 0.2) is 59.5 Å². The number of aromatic nitrogens is 3. The fraction of sp³-hybridized carbons (Fsp3) is 0.280. The third kappa shape index (κ3) is 4.99. The minimum absolute atomic E-state index is 0.237. The molecule has 2 aromatic heterocycles. The van der Waals surface area contributed by atoms with E-state index < -0.39 is 11.9 Å². The summed E-state index contributed by atoms with van der Waals surface area (Å²) in [7, 11) is 0. The van der Waals surface area contributed by atoms with Gasteiger partial charge in [-0.1, -0.05) is 32.0 Å². The first kappa shape index (κ1) is 23.2. The summed E-state index contributed by atoms with van der Waals surface area (Å²) >= 11 is 0. The average Bonchev–Trinajstić information content (AvgIpc) is 3.23. The van der Waals surface area contributed by atoms with Crippen LogP contribution in [0.25, 0.3) is 21.8 Å². The number of carbonyl (C=O) groups excluding carboxylic acids is 2. The predicted octanol–water partition coefficient (Wildman–Crippen LogP) is 3.02. The Morgan fingerprint density at radius 1 is 1.06 bits per heavy atom. The van der Waals surface area contributed by atoms with Gasteiger partial charge in [0.1, 0.15) is 18.7 Å². The van der Waals surface area contributed by atoms with Crippen LogP contribution in [0.2, 0.25) is 0 Å². The number of ether oxygens (including phenoxy) is 1. The fourth-order valence-electron chi connectivity index (χ4n) is 3.80. The number of esters is 1. The zero-order valence-corrected chi connectivity index (χ0v) is 19.2. The normalized spacial score (nSPS) is 11.3. The second-order valence-electron chi connectivity index (χ2n) is 7.85. The molecule has 4 rings (SSSR count). The van der Waals surface area contributed by atoms with Crippen molar-refractivity contribution in [3.05, 3.63) is 70.6 Å². The molecular formula is C25H27N5O4. The molecule has 2 heterocycles. The number of nitrogens with zero attached hydrogens (tertiary/aromatic N) is 3. The maximum absolute atomic E-state index is 12.8. The van der Waals surface area contributed by atoms with Gasteiger partial charge in [-0.3, -0.25) is 9.59 Å². The number of amides is 1. The average molecular weight is 462 g/mol. The number of nitrogens with one attached hydrogen (secondary N) is 2. The lowest BCUT2D eigenvalue weighted by Crippen LogP contribution is -2.29. The molecule has 0 atom stereocenters. The van der Waals surface area contributed by atoms with E-state index in [1.54, 1.807) is 30.5 Å². The Kier molecular flexibility index (Phi) is 7.03. The van der Waals surface area contributed by atoms with Crippen LogP contribution in [-0.2, 0) is 16.1 Å². The molecule has 0 spiro atoms. The number of aromatic amines is 1. The molecular weight excluding hydrogens is 434 g/mol. The highest BCUT2D eigenvalue weighted by Crippen LogP contribution is 2.21. The molecule has 176 valence electrons. The van der Waals surface area contributed by atoms with Gasteiger partial charge in [0.2, 0.25) is 5.91 Å². The van der Waals surface area contributed by atoms with Gasteiger partial charge in [0.05, 0.1) is 11.8 Å². The molecule has 9 heteroatoms. The summed E-state index contributed by atoms with van der Waals surface area (Å²) in [5.74, 6) is -0.813. The number of benzene rings is 2. The van der Waals surface area contributed by atoms with Crippen LogP contribution < -0.4 is 10.9 Å². The second-order valence-corrected chi connectivity index (χ2v) is 7.85. The zero-order chi connectivity index (χ0) is 24.1. The van der Waals surface area contributed by atoms with E-state index in [-0.39, 0.29) is 12.1 Å². The van der Waals surface area contributed by atoms with E-state index in [9.17, 15) is 14.4 Å². The lowest BCUT2D eigenvalue weighted by atomic mass is 10.2. The van der Waals surface area contributed by atoms with Crippen LogP contribution in [0, 0.1) is 0 Å².